The van der Waals surface area contributed by atoms with Crippen molar-refractivity contribution in [3.05, 3.63) is 29.6 Å². The molecule has 0 radical (unpaired) electrons. The van der Waals surface area contributed by atoms with Crippen LogP contribution in [0.3, 0.4) is 0 Å². The third-order valence-electron chi connectivity index (χ3n) is 5.28. The van der Waals surface area contributed by atoms with E-state index >= 15 is 0 Å². The molecule has 0 aromatic carbocycles. The van der Waals surface area contributed by atoms with Gasteiger partial charge in [0.1, 0.15) is 6.54 Å². The quantitative estimate of drug-likeness (QED) is 0.220. The van der Waals surface area contributed by atoms with Crippen LogP contribution in [-0.4, -0.2) is 0 Å². The summed E-state index contributed by atoms with van der Waals surface area (Å²) in [5.74, 6) is 0. The fourth-order valence-corrected chi connectivity index (χ4v) is 3.68. The molecule has 0 aliphatic carbocycles. The molecule has 1 heterocycles. The molecule has 0 saturated heterocycles. The van der Waals surface area contributed by atoms with Crippen LogP contribution >= 0.6 is 0 Å². The lowest BCUT2D eigenvalue weighted by Gasteiger charge is -2.09. The van der Waals surface area contributed by atoms with Crippen LogP contribution in [0.2, 0.25) is 0 Å². The van der Waals surface area contributed by atoms with Gasteiger partial charge in [-0.2, -0.15) is 0 Å². The highest BCUT2D eigenvalue weighted by atomic mass is 14.9. The molecule has 0 aliphatic rings. The Morgan fingerprint density at radius 2 is 1.12 bits per heavy atom. The van der Waals surface area contributed by atoms with E-state index in [0.717, 1.165) is 6.54 Å². The number of nitrogens with zero attached hydrogens (tertiary/aromatic N) is 1. The zero-order chi connectivity index (χ0) is 18.2. The summed E-state index contributed by atoms with van der Waals surface area (Å²) in [7, 11) is 0. The van der Waals surface area contributed by atoms with Gasteiger partial charge in [0, 0.05) is 18.1 Å². The Balaban J connectivity index is 2.44. The number of unbranched alkanes of at least 4 members (excludes halogenated alkanes) is 10. The first-order valence-electron chi connectivity index (χ1n) is 11.3. The molecule has 0 fully saturated rings. The molecule has 144 valence electrons. The Labute approximate surface area is 158 Å². The lowest BCUT2D eigenvalue weighted by molar-refractivity contribution is -0.697. The van der Waals surface area contributed by atoms with Crippen molar-refractivity contribution in [1.29, 1.82) is 0 Å². The number of rotatable bonds is 16. The van der Waals surface area contributed by atoms with Crippen LogP contribution in [0.4, 0.5) is 0 Å². The molecule has 0 N–H and O–H groups in total. The second kappa shape index (κ2) is 15.4. The highest BCUT2D eigenvalue weighted by Gasteiger charge is 2.09. The number of hydrogen-bond donors (Lipinski definition) is 0. The highest BCUT2D eigenvalue weighted by Crippen LogP contribution is 2.16. The van der Waals surface area contributed by atoms with E-state index in [0.29, 0.717) is 0 Å². The minimum atomic E-state index is 1.15. The SMILES string of the molecule is CCCCCCCCc1cc[n+](CCC)cc1CCCCCCCC. The molecule has 0 amide bonds. The number of aryl methyl sites for hydroxylation is 3. The van der Waals surface area contributed by atoms with Gasteiger partial charge in [-0.1, -0.05) is 85.0 Å². The van der Waals surface area contributed by atoms with Gasteiger partial charge < -0.3 is 0 Å². The summed E-state index contributed by atoms with van der Waals surface area (Å²) in [5.41, 5.74) is 3.25. The summed E-state index contributed by atoms with van der Waals surface area (Å²) in [6, 6.07) is 2.41. The second-order valence-corrected chi connectivity index (χ2v) is 7.77. The molecule has 0 unspecified atom stereocenters. The normalized spacial score (nSPS) is 11.2. The Morgan fingerprint density at radius 1 is 0.600 bits per heavy atom. The van der Waals surface area contributed by atoms with Crippen LogP contribution in [-0.2, 0) is 19.4 Å². The van der Waals surface area contributed by atoms with Crippen molar-refractivity contribution in [2.24, 2.45) is 0 Å². The van der Waals surface area contributed by atoms with Gasteiger partial charge >= 0.3 is 0 Å². The Bertz CT molecular complexity index is 424. The van der Waals surface area contributed by atoms with Crippen LogP contribution in [0.5, 0.6) is 0 Å². The molecular weight excluding hydrogens is 302 g/mol. The molecule has 1 aromatic rings. The fourth-order valence-electron chi connectivity index (χ4n) is 3.68. The van der Waals surface area contributed by atoms with Crippen molar-refractivity contribution < 1.29 is 4.57 Å². The van der Waals surface area contributed by atoms with Gasteiger partial charge in [0.05, 0.1) is 0 Å². The Morgan fingerprint density at radius 3 is 1.68 bits per heavy atom. The monoisotopic (exact) mass is 346 g/mol. The summed E-state index contributed by atoms with van der Waals surface area (Å²) < 4.78 is 2.40. The summed E-state index contributed by atoms with van der Waals surface area (Å²) in [6.45, 7) is 8.01. The van der Waals surface area contributed by atoms with Crippen LogP contribution in [0.15, 0.2) is 18.5 Å². The van der Waals surface area contributed by atoms with Crippen LogP contribution in [0, 0.1) is 0 Å². The minimum Gasteiger partial charge on any atom is -0.205 e. The lowest BCUT2D eigenvalue weighted by atomic mass is 9.98. The average Bonchev–Trinajstić information content (AvgIpc) is 2.62. The molecule has 1 aromatic heterocycles. The van der Waals surface area contributed by atoms with E-state index in [2.05, 4.69) is 43.8 Å². The molecule has 1 nitrogen and oxygen atoms in total. The van der Waals surface area contributed by atoms with Gasteiger partial charge in [0.15, 0.2) is 12.4 Å². The van der Waals surface area contributed by atoms with E-state index in [-0.39, 0.29) is 0 Å². The van der Waals surface area contributed by atoms with Crippen molar-refractivity contribution in [3.63, 3.8) is 0 Å². The highest BCUT2D eigenvalue weighted by molar-refractivity contribution is 5.21. The van der Waals surface area contributed by atoms with Crippen LogP contribution < -0.4 is 4.57 Å². The predicted molar refractivity (Wildman–Crippen MR) is 111 cm³/mol. The van der Waals surface area contributed by atoms with Gasteiger partial charge in [-0.3, -0.25) is 0 Å². The zero-order valence-corrected chi connectivity index (χ0v) is 17.5. The minimum absolute atomic E-state index is 1.15. The van der Waals surface area contributed by atoms with Crippen molar-refractivity contribution in [2.45, 2.75) is 124 Å². The van der Waals surface area contributed by atoms with Crippen molar-refractivity contribution in [2.75, 3.05) is 0 Å². The first-order valence-corrected chi connectivity index (χ1v) is 11.3. The maximum absolute atomic E-state index is 2.45. The smallest absolute Gasteiger partial charge is 0.172 e. The van der Waals surface area contributed by atoms with E-state index in [9.17, 15) is 0 Å². The van der Waals surface area contributed by atoms with Crippen molar-refractivity contribution in [1.82, 2.24) is 0 Å². The van der Waals surface area contributed by atoms with E-state index in [1.54, 1.807) is 11.1 Å². The van der Waals surface area contributed by atoms with Crippen molar-refractivity contribution in [3.8, 4) is 0 Å². The van der Waals surface area contributed by atoms with Gasteiger partial charge in [-0.15, -0.1) is 0 Å². The van der Waals surface area contributed by atoms with Gasteiger partial charge in [-0.05, 0) is 31.2 Å². The Hall–Kier alpha value is -0.850. The van der Waals surface area contributed by atoms with Gasteiger partial charge in [0.25, 0.3) is 0 Å². The lowest BCUT2D eigenvalue weighted by Crippen LogP contribution is -2.33. The van der Waals surface area contributed by atoms with Gasteiger partial charge in [0.2, 0.25) is 0 Å². The molecule has 0 saturated carbocycles. The third kappa shape index (κ3) is 10.7. The molecular formula is C24H44N+. The summed E-state index contributed by atoms with van der Waals surface area (Å²) in [4.78, 5) is 0. The van der Waals surface area contributed by atoms with E-state index in [4.69, 9.17) is 0 Å². The first-order chi connectivity index (χ1) is 12.3. The molecule has 0 aliphatic heterocycles. The number of hydrogen-bond acceptors (Lipinski definition) is 0. The average molecular weight is 347 g/mol. The maximum atomic E-state index is 2.45. The molecule has 0 bridgehead atoms. The Kier molecular flexibility index (Phi) is 13.7. The summed E-state index contributed by atoms with van der Waals surface area (Å²) >= 11 is 0. The number of aromatic nitrogens is 1. The molecule has 1 heteroatoms. The zero-order valence-electron chi connectivity index (χ0n) is 17.5. The molecule has 1 rings (SSSR count). The fraction of sp³-hybridized carbons (Fsp3) is 0.792. The van der Waals surface area contributed by atoms with Crippen molar-refractivity contribution >= 4 is 0 Å². The molecule has 0 spiro atoms. The largest absolute Gasteiger partial charge is 0.205 e. The summed E-state index contributed by atoms with van der Waals surface area (Å²) in [5, 5.41) is 0. The first kappa shape index (κ1) is 22.2. The van der Waals surface area contributed by atoms with Crippen LogP contribution in [0.25, 0.3) is 0 Å². The molecule has 0 atom stereocenters. The topological polar surface area (TPSA) is 3.88 Å². The maximum Gasteiger partial charge on any atom is 0.172 e. The van der Waals surface area contributed by atoms with E-state index < -0.39 is 0 Å². The number of pyridine rings is 1. The molecule has 25 heavy (non-hydrogen) atoms. The van der Waals surface area contributed by atoms with E-state index in [1.807, 2.05) is 0 Å². The third-order valence-corrected chi connectivity index (χ3v) is 5.28. The van der Waals surface area contributed by atoms with E-state index in [1.165, 1.54) is 96.3 Å². The predicted octanol–water partition coefficient (Wildman–Crippen LogP) is 7.19. The second-order valence-electron chi connectivity index (χ2n) is 7.77. The van der Waals surface area contributed by atoms with Crippen LogP contribution in [0.1, 0.15) is 115 Å². The summed E-state index contributed by atoms with van der Waals surface area (Å²) in [6.07, 6.45) is 25.3. The standard InChI is InChI=1S/C24H44N/c1-4-7-9-11-13-15-17-23-19-21-25(20-6-3)22-24(23)18-16-14-12-10-8-5-2/h19,21-22H,4-18,20H2,1-3H3/q+1. The van der Waals surface area contributed by atoms with Gasteiger partial charge in [-0.25, -0.2) is 4.57 Å².